The van der Waals surface area contributed by atoms with Crippen molar-refractivity contribution >= 4 is 0 Å². The first-order valence-electron chi connectivity index (χ1n) is 3.30. The molecule has 0 amide bonds. The van der Waals surface area contributed by atoms with Crippen LogP contribution >= 0.6 is 0 Å². The second-order valence-electron chi connectivity index (χ2n) is 2.56. The SMILES string of the molecule is CC[C](N(C)C)N(C)C. The van der Waals surface area contributed by atoms with Crippen molar-refractivity contribution in [1.29, 1.82) is 0 Å². The van der Waals surface area contributed by atoms with Crippen molar-refractivity contribution in [2.75, 3.05) is 28.2 Å². The summed E-state index contributed by atoms with van der Waals surface area (Å²) < 4.78 is 0. The van der Waals surface area contributed by atoms with Crippen LogP contribution in [0.15, 0.2) is 0 Å². The van der Waals surface area contributed by atoms with Crippen LogP contribution in [0.1, 0.15) is 13.3 Å². The van der Waals surface area contributed by atoms with Crippen LogP contribution in [-0.4, -0.2) is 38.0 Å². The van der Waals surface area contributed by atoms with E-state index in [-0.39, 0.29) is 0 Å². The van der Waals surface area contributed by atoms with Crippen molar-refractivity contribution in [2.45, 2.75) is 13.3 Å². The highest BCUT2D eigenvalue weighted by molar-refractivity contribution is 4.80. The fraction of sp³-hybridized carbons (Fsp3) is 0.857. The van der Waals surface area contributed by atoms with Crippen molar-refractivity contribution in [2.24, 2.45) is 0 Å². The van der Waals surface area contributed by atoms with Gasteiger partial charge in [-0.1, -0.05) is 6.92 Å². The highest BCUT2D eigenvalue weighted by Gasteiger charge is 2.10. The fourth-order valence-corrected chi connectivity index (χ4v) is 1.03. The maximum absolute atomic E-state index is 2.16. The minimum absolute atomic E-state index is 1.10. The third-order valence-corrected chi connectivity index (χ3v) is 1.35. The lowest BCUT2D eigenvalue weighted by Crippen LogP contribution is -2.31. The summed E-state index contributed by atoms with van der Waals surface area (Å²) in [6.45, 7) is 2.16. The zero-order valence-corrected chi connectivity index (χ0v) is 7.10. The van der Waals surface area contributed by atoms with Gasteiger partial charge in [0.1, 0.15) is 6.17 Å². The molecule has 1 radical (unpaired) electrons. The van der Waals surface area contributed by atoms with Gasteiger partial charge in [-0.3, -0.25) is 9.80 Å². The topological polar surface area (TPSA) is 6.48 Å². The lowest BCUT2D eigenvalue weighted by molar-refractivity contribution is 0.234. The summed E-state index contributed by atoms with van der Waals surface area (Å²) >= 11 is 0. The second-order valence-corrected chi connectivity index (χ2v) is 2.56. The van der Waals surface area contributed by atoms with E-state index in [0.29, 0.717) is 0 Å². The Bertz CT molecular complexity index is 61.3. The van der Waals surface area contributed by atoms with E-state index in [1.54, 1.807) is 0 Å². The summed E-state index contributed by atoms with van der Waals surface area (Å²) in [5, 5.41) is 0. The van der Waals surface area contributed by atoms with Crippen LogP contribution in [0.2, 0.25) is 0 Å². The molecule has 0 aliphatic carbocycles. The molecule has 9 heavy (non-hydrogen) atoms. The van der Waals surface area contributed by atoms with E-state index in [0.717, 1.165) is 6.42 Å². The molecule has 0 aliphatic rings. The highest BCUT2D eigenvalue weighted by Crippen LogP contribution is 2.09. The van der Waals surface area contributed by atoms with E-state index in [2.05, 4.69) is 44.9 Å². The standard InChI is InChI=1S/C7H17N2/c1-6-7(8(2)3)9(4)5/h6H2,1-5H3. The van der Waals surface area contributed by atoms with Gasteiger partial charge in [-0.25, -0.2) is 0 Å². The van der Waals surface area contributed by atoms with Crippen molar-refractivity contribution in [3.05, 3.63) is 6.17 Å². The van der Waals surface area contributed by atoms with Crippen LogP contribution in [0.5, 0.6) is 0 Å². The number of hydrogen-bond acceptors (Lipinski definition) is 2. The normalized spacial score (nSPS) is 12.0. The molecule has 0 unspecified atom stereocenters. The van der Waals surface area contributed by atoms with Gasteiger partial charge in [0.25, 0.3) is 0 Å². The molecule has 0 aromatic rings. The van der Waals surface area contributed by atoms with Gasteiger partial charge >= 0.3 is 0 Å². The second kappa shape index (κ2) is 3.85. The van der Waals surface area contributed by atoms with Gasteiger partial charge < -0.3 is 0 Å². The molecule has 0 saturated carbocycles. The molecule has 0 saturated heterocycles. The maximum atomic E-state index is 2.16. The number of rotatable bonds is 3. The third kappa shape index (κ3) is 2.82. The first-order chi connectivity index (χ1) is 4.09. The molecule has 2 heteroatoms. The van der Waals surface area contributed by atoms with Crippen molar-refractivity contribution < 1.29 is 0 Å². The lowest BCUT2D eigenvalue weighted by atomic mass is 10.3. The number of hydrogen-bond donors (Lipinski definition) is 0. The lowest BCUT2D eigenvalue weighted by Gasteiger charge is -2.27. The minimum Gasteiger partial charge on any atom is -0.289 e. The van der Waals surface area contributed by atoms with E-state index in [1.807, 2.05) is 0 Å². The van der Waals surface area contributed by atoms with Crippen LogP contribution in [0.25, 0.3) is 0 Å². The molecule has 0 aliphatic heterocycles. The fourth-order valence-electron chi connectivity index (χ4n) is 1.03. The Balaban J connectivity index is 3.68. The summed E-state index contributed by atoms with van der Waals surface area (Å²) in [5.74, 6) is 0. The van der Waals surface area contributed by atoms with Gasteiger partial charge in [0.05, 0.1) is 0 Å². The molecular weight excluding hydrogens is 112 g/mol. The van der Waals surface area contributed by atoms with Gasteiger partial charge in [0, 0.05) is 0 Å². The first kappa shape index (κ1) is 8.92. The molecule has 0 fully saturated rings. The van der Waals surface area contributed by atoms with Crippen LogP contribution in [0.4, 0.5) is 0 Å². The summed E-state index contributed by atoms with van der Waals surface area (Å²) in [7, 11) is 8.27. The predicted octanol–water partition coefficient (Wildman–Crippen LogP) is 1.01. The molecule has 0 aromatic heterocycles. The highest BCUT2D eigenvalue weighted by atomic mass is 15.3. The average Bonchev–Trinajstić information content (AvgIpc) is 1.64. The van der Waals surface area contributed by atoms with Gasteiger partial charge in [-0.2, -0.15) is 0 Å². The predicted molar refractivity (Wildman–Crippen MR) is 40.9 cm³/mol. The summed E-state index contributed by atoms with van der Waals surface area (Å²) in [5.41, 5.74) is 0. The average molecular weight is 129 g/mol. The zero-order valence-electron chi connectivity index (χ0n) is 7.10. The molecule has 0 bridgehead atoms. The quantitative estimate of drug-likeness (QED) is 0.561. The van der Waals surface area contributed by atoms with E-state index in [1.165, 1.54) is 6.17 Å². The molecule has 0 atom stereocenters. The van der Waals surface area contributed by atoms with Crippen LogP contribution in [0.3, 0.4) is 0 Å². The summed E-state index contributed by atoms with van der Waals surface area (Å²) in [6, 6.07) is 0. The molecule has 0 aromatic carbocycles. The van der Waals surface area contributed by atoms with Gasteiger partial charge in [-0.15, -0.1) is 0 Å². The molecule has 0 spiro atoms. The van der Waals surface area contributed by atoms with E-state index in [9.17, 15) is 0 Å². The Morgan fingerprint density at radius 1 is 1.00 bits per heavy atom. The van der Waals surface area contributed by atoms with E-state index >= 15 is 0 Å². The van der Waals surface area contributed by atoms with Crippen LogP contribution in [0, 0.1) is 6.17 Å². The van der Waals surface area contributed by atoms with Crippen molar-refractivity contribution in [3.63, 3.8) is 0 Å². The zero-order chi connectivity index (χ0) is 7.44. The summed E-state index contributed by atoms with van der Waals surface area (Å²) in [4.78, 5) is 4.28. The Hall–Kier alpha value is -0.0800. The monoisotopic (exact) mass is 129 g/mol. The van der Waals surface area contributed by atoms with Gasteiger partial charge in [0.2, 0.25) is 0 Å². The largest absolute Gasteiger partial charge is 0.289 e. The molecule has 0 N–H and O–H groups in total. The smallest absolute Gasteiger partial charge is 0.105 e. The van der Waals surface area contributed by atoms with Gasteiger partial charge in [0.15, 0.2) is 0 Å². The van der Waals surface area contributed by atoms with Crippen LogP contribution < -0.4 is 0 Å². The molecule has 55 valence electrons. The molecule has 0 rings (SSSR count). The Kier molecular flexibility index (Phi) is 3.82. The van der Waals surface area contributed by atoms with Crippen LogP contribution in [-0.2, 0) is 0 Å². The maximum Gasteiger partial charge on any atom is 0.105 e. The Labute approximate surface area is 58.4 Å². The van der Waals surface area contributed by atoms with Gasteiger partial charge in [-0.05, 0) is 34.6 Å². The van der Waals surface area contributed by atoms with Crippen molar-refractivity contribution in [1.82, 2.24) is 9.80 Å². The Morgan fingerprint density at radius 3 is 1.33 bits per heavy atom. The number of nitrogens with zero attached hydrogens (tertiary/aromatic N) is 2. The molecule has 0 heterocycles. The summed E-state index contributed by atoms with van der Waals surface area (Å²) in [6.07, 6.45) is 2.45. The third-order valence-electron chi connectivity index (χ3n) is 1.35. The Morgan fingerprint density at radius 2 is 1.33 bits per heavy atom. The van der Waals surface area contributed by atoms with E-state index < -0.39 is 0 Å². The van der Waals surface area contributed by atoms with E-state index in [4.69, 9.17) is 0 Å². The minimum atomic E-state index is 1.10. The molecular formula is C7H17N2. The van der Waals surface area contributed by atoms with Crippen molar-refractivity contribution in [3.8, 4) is 0 Å². The first-order valence-corrected chi connectivity index (χ1v) is 3.30. The molecule has 2 nitrogen and oxygen atoms in total.